The Hall–Kier alpha value is -0.940. The van der Waals surface area contributed by atoms with E-state index in [1.54, 1.807) is 6.07 Å². The molecule has 1 aromatic rings. The minimum atomic E-state index is -0.829. The van der Waals surface area contributed by atoms with E-state index >= 15 is 0 Å². The number of hydroxylamine groups is 1. The van der Waals surface area contributed by atoms with Crippen LogP contribution in [0.25, 0.3) is 0 Å². The number of benzene rings is 1. The summed E-state index contributed by atoms with van der Waals surface area (Å²) in [7, 11) is 1.53. The highest BCUT2D eigenvalue weighted by molar-refractivity contribution is 5.28. The molecule has 14 heavy (non-hydrogen) atoms. The van der Waals surface area contributed by atoms with Crippen LogP contribution in [0.15, 0.2) is 24.3 Å². The Bertz CT molecular complexity index is 278. The first-order valence-electron chi connectivity index (χ1n) is 4.42. The average molecular weight is 197 g/mol. The number of aliphatic hydroxyl groups is 2. The summed E-state index contributed by atoms with van der Waals surface area (Å²) in [6, 6.07) is 7.36. The summed E-state index contributed by atoms with van der Waals surface area (Å²) in [6.45, 7) is 0.230. The van der Waals surface area contributed by atoms with E-state index in [2.05, 4.69) is 5.48 Å². The van der Waals surface area contributed by atoms with Crippen molar-refractivity contribution in [2.45, 2.75) is 12.6 Å². The van der Waals surface area contributed by atoms with Gasteiger partial charge in [0, 0.05) is 6.54 Å². The second kappa shape index (κ2) is 5.72. The van der Waals surface area contributed by atoms with Crippen molar-refractivity contribution in [1.82, 2.24) is 5.48 Å². The quantitative estimate of drug-likeness (QED) is 0.596. The van der Waals surface area contributed by atoms with Gasteiger partial charge in [-0.3, -0.25) is 0 Å². The molecule has 0 radical (unpaired) electrons. The number of aliphatic hydroxyl groups excluding tert-OH is 2. The molecule has 0 aliphatic heterocycles. The lowest BCUT2D eigenvalue weighted by atomic mass is 10.0. The van der Waals surface area contributed by atoms with Gasteiger partial charge >= 0.3 is 0 Å². The topological polar surface area (TPSA) is 61.7 Å². The molecule has 0 aliphatic rings. The van der Waals surface area contributed by atoms with Crippen LogP contribution >= 0.6 is 0 Å². The van der Waals surface area contributed by atoms with E-state index in [0.717, 1.165) is 11.1 Å². The lowest BCUT2D eigenvalue weighted by molar-refractivity contribution is 0.0808. The van der Waals surface area contributed by atoms with Crippen LogP contribution < -0.4 is 5.48 Å². The standard InChI is InChI=1S/C10H15NO3/c1-14-11-6-8-4-2-3-5-9(8)10(13)7-12/h2-5,10-13H,6-7H2,1H3. The summed E-state index contributed by atoms with van der Waals surface area (Å²) < 4.78 is 0. The molecule has 78 valence electrons. The lowest BCUT2D eigenvalue weighted by Crippen LogP contribution is -2.14. The van der Waals surface area contributed by atoms with Gasteiger partial charge in [-0.05, 0) is 11.1 Å². The molecule has 0 aromatic heterocycles. The molecular formula is C10H15NO3. The van der Waals surface area contributed by atoms with Crippen molar-refractivity contribution in [2.75, 3.05) is 13.7 Å². The highest BCUT2D eigenvalue weighted by Crippen LogP contribution is 2.17. The zero-order valence-corrected chi connectivity index (χ0v) is 8.10. The molecule has 0 heterocycles. The number of nitrogens with one attached hydrogen (secondary N) is 1. The normalized spacial score (nSPS) is 12.8. The van der Waals surface area contributed by atoms with Crippen LogP contribution in [0.5, 0.6) is 0 Å². The van der Waals surface area contributed by atoms with Crippen LogP contribution in [0.4, 0.5) is 0 Å². The molecule has 1 rings (SSSR count). The van der Waals surface area contributed by atoms with Crippen molar-refractivity contribution < 1.29 is 15.1 Å². The molecule has 3 N–H and O–H groups in total. The molecule has 4 heteroatoms. The van der Waals surface area contributed by atoms with Crippen LogP contribution in [0.3, 0.4) is 0 Å². The van der Waals surface area contributed by atoms with Gasteiger partial charge in [0.05, 0.1) is 13.7 Å². The van der Waals surface area contributed by atoms with Crippen molar-refractivity contribution >= 4 is 0 Å². The molecule has 1 unspecified atom stereocenters. The minimum absolute atomic E-state index is 0.274. The third-order valence-corrected chi connectivity index (χ3v) is 1.99. The fourth-order valence-electron chi connectivity index (χ4n) is 1.27. The maximum absolute atomic E-state index is 9.49. The maximum Gasteiger partial charge on any atom is 0.102 e. The van der Waals surface area contributed by atoms with Gasteiger partial charge in [-0.1, -0.05) is 24.3 Å². The lowest BCUT2D eigenvalue weighted by Gasteiger charge is -2.13. The summed E-state index contributed by atoms with van der Waals surface area (Å²) in [6.07, 6.45) is -0.829. The maximum atomic E-state index is 9.49. The van der Waals surface area contributed by atoms with Crippen molar-refractivity contribution in [3.63, 3.8) is 0 Å². The Morgan fingerprint density at radius 3 is 2.79 bits per heavy atom. The van der Waals surface area contributed by atoms with Crippen LogP contribution in [0.2, 0.25) is 0 Å². The summed E-state index contributed by atoms with van der Waals surface area (Å²) in [5.74, 6) is 0. The molecule has 4 nitrogen and oxygen atoms in total. The first-order chi connectivity index (χ1) is 6.79. The molecule has 0 saturated heterocycles. The minimum Gasteiger partial charge on any atom is -0.393 e. The van der Waals surface area contributed by atoms with E-state index in [9.17, 15) is 5.11 Å². The van der Waals surface area contributed by atoms with Crippen molar-refractivity contribution in [2.24, 2.45) is 0 Å². The molecule has 0 fully saturated rings. The van der Waals surface area contributed by atoms with E-state index in [1.165, 1.54) is 7.11 Å². The third kappa shape index (κ3) is 2.78. The van der Waals surface area contributed by atoms with E-state index < -0.39 is 6.10 Å². The van der Waals surface area contributed by atoms with Gasteiger partial charge in [0.15, 0.2) is 0 Å². The third-order valence-electron chi connectivity index (χ3n) is 1.99. The van der Waals surface area contributed by atoms with Gasteiger partial charge in [-0.2, -0.15) is 5.48 Å². The summed E-state index contributed by atoms with van der Waals surface area (Å²) in [4.78, 5) is 4.72. The predicted molar refractivity (Wildman–Crippen MR) is 52.3 cm³/mol. The second-order valence-electron chi connectivity index (χ2n) is 2.92. The average Bonchev–Trinajstić information content (AvgIpc) is 2.25. The van der Waals surface area contributed by atoms with Gasteiger partial charge in [0.2, 0.25) is 0 Å². The molecule has 0 spiro atoms. The van der Waals surface area contributed by atoms with E-state index in [-0.39, 0.29) is 6.61 Å². The highest BCUT2D eigenvalue weighted by atomic mass is 16.6. The van der Waals surface area contributed by atoms with Crippen molar-refractivity contribution in [3.8, 4) is 0 Å². The monoisotopic (exact) mass is 197 g/mol. The highest BCUT2D eigenvalue weighted by Gasteiger charge is 2.09. The summed E-state index contributed by atoms with van der Waals surface area (Å²) >= 11 is 0. The molecular weight excluding hydrogens is 182 g/mol. The number of rotatable bonds is 5. The molecule has 1 aromatic carbocycles. The molecule has 1 atom stereocenters. The Morgan fingerprint density at radius 2 is 2.14 bits per heavy atom. The van der Waals surface area contributed by atoms with Gasteiger partial charge in [-0.25, -0.2) is 0 Å². The van der Waals surface area contributed by atoms with E-state index in [4.69, 9.17) is 9.94 Å². The second-order valence-corrected chi connectivity index (χ2v) is 2.92. The van der Waals surface area contributed by atoms with Crippen molar-refractivity contribution in [3.05, 3.63) is 35.4 Å². The van der Waals surface area contributed by atoms with Gasteiger partial charge in [0.1, 0.15) is 6.10 Å². The summed E-state index contributed by atoms with van der Waals surface area (Å²) in [5, 5.41) is 18.3. The fourth-order valence-corrected chi connectivity index (χ4v) is 1.27. The Labute approximate surface area is 83.1 Å². The zero-order valence-electron chi connectivity index (χ0n) is 8.10. The smallest absolute Gasteiger partial charge is 0.102 e. The van der Waals surface area contributed by atoms with Crippen LogP contribution in [0, 0.1) is 0 Å². The van der Waals surface area contributed by atoms with Gasteiger partial charge < -0.3 is 15.1 Å². The predicted octanol–water partition coefficient (Wildman–Crippen LogP) is 0.363. The largest absolute Gasteiger partial charge is 0.393 e. The first-order valence-corrected chi connectivity index (χ1v) is 4.42. The van der Waals surface area contributed by atoms with Crippen LogP contribution in [-0.4, -0.2) is 23.9 Å². The Balaban J connectivity index is 2.79. The van der Waals surface area contributed by atoms with Gasteiger partial charge in [0.25, 0.3) is 0 Å². The SMILES string of the molecule is CONCc1ccccc1C(O)CO. The fraction of sp³-hybridized carbons (Fsp3) is 0.400. The van der Waals surface area contributed by atoms with E-state index in [1.807, 2.05) is 18.2 Å². The first kappa shape index (κ1) is 11.1. The van der Waals surface area contributed by atoms with Crippen molar-refractivity contribution in [1.29, 1.82) is 0 Å². The van der Waals surface area contributed by atoms with Crippen LogP contribution in [0.1, 0.15) is 17.2 Å². The molecule has 0 saturated carbocycles. The molecule has 0 bridgehead atoms. The summed E-state index contributed by atoms with van der Waals surface area (Å²) in [5.41, 5.74) is 4.33. The molecule has 0 aliphatic carbocycles. The van der Waals surface area contributed by atoms with E-state index in [0.29, 0.717) is 6.54 Å². The van der Waals surface area contributed by atoms with Crippen LogP contribution in [-0.2, 0) is 11.4 Å². The Kier molecular flexibility index (Phi) is 4.55. The Morgan fingerprint density at radius 1 is 1.43 bits per heavy atom. The van der Waals surface area contributed by atoms with Gasteiger partial charge in [-0.15, -0.1) is 0 Å². The number of hydrogen-bond donors (Lipinski definition) is 3. The zero-order chi connectivity index (χ0) is 10.4. The number of hydrogen-bond acceptors (Lipinski definition) is 4. The molecule has 0 amide bonds.